The molecule has 1 saturated carbocycles. The normalized spacial score (nSPS) is 41.8. The molecule has 146 valence electrons. The minimum absolute atomic E-state index is 0.128. The summed E-state index contributed by atoms with van der Waals surface area (Å²) in [6.07, 6.45) is 5.06. The van der Waals surface area contributed by atoms with Crippen LogP contribution >= 0.6 is 0 Å². The number of esters is 1. The Morgan fingerprint density at radius 2 is 1.96 bits per heavy atom. The molecule has 5 atom stereocenters. The SMILES string of the molecule is CC1(C)O[C@]23C[C@H]1C[C@H](OC(=O)c1ccccc1)[C@]2(C)CC=C[C@@]3(O)CO. The van der Waals surface area contributed by atoms with Gasteiger partial charge in [-0.1, -0.05) is 37.3 Å². The Labute approximate surface area is 160 Å². The van der Waals surface area contributed by atoms with Gasteiger partial charge in [0.2, 0.25) is 0 Å². The van der Waals surface area contributed by atoms with Gasteiger partial charge in [0.1, 0.15) is 17.3 Å². The van der Waals surface area contributed by atoms with E-state index in [0.29, 0.717) is 24.8 Å². The Balaban J connectivity index is 1.75. The van der Waals surface area contributed by atoms with Crippen LogP contribution in [-0.4, -0.2) is 45.7 Å². The van der Waals surface area contributed by atoms with Crippen molar-refractivity contribution in [3.63, 3.8) is 0 Å². The van der Waals surface area contributed by atoms with E-state index in [1.54, 1.807) is 18.2 Å². The van der Waals surface area contributed by atoms with Gasteiger partial charge in [-0.05, 0) is 51.2 Å². The second kappa shape index (κ2) is 5.90. The summed E-state index contributed by atoms with van der Waals surface area (Å²) in [5.41, 5.74) is -3.07. The standard InChI is InChI=1S/C22H28O5/c1-19(2)16-12-17(26-18(24)15-8-5-4-6-9-15)20(3)10-7-11-21(25,14-23)22(20,13-16)27-19/h4-9,11,16-17,23,25H,10,12-14H2,1-3H3/t16-,17+,20+,21-,22-/m1/s1. The Bertz CT molecular complexity index is 772. The molecule has 4 rings (SSSR count). The molecule has 1 aliphatic heterocycles. The maximum absolute atomic E-state index is 12.8. The first kappa shape index (κ1) is 18.7. The third kappa shape index (κ3) is 2.45. The van der Waals surface area contributed by atoms with Gasteiger partial charge in [-0.25, -0.2) is 4.79 Å². The summed E-state index contributed by atoms with van der Waals surface area (Å²) in [7, 11) is 0. The van der Waals surface area contributed by atoms with E-state index < -0.39 is 34.9 Å². The molecular formula is C22H28O5. The lowest BCUT2D eigenvalue weighted by atomic mass is 9.51. The number of fused-ring (bicyclic) bond motifs is 1. The molecule has 2 aliphatic carbocycles. The van der Waals surface area contributed by atoms with Crippen LogP contribution in [0.1, 0.15) is 50.4 Å². The number of hydrogen-bond acceptors (Lipinski definition) is 5. The third-order valence-corrected chi connectivity index (χ3v) is 7.22. The molecule has 5 heteroatoms. The smallest absolute Gasteiger partial charge is 0.338 e. The molecule has 3 aliphatic rings. The second-order valence-electron chi connectivity index (χ2n) is 9.04. The van der Waals surface area contributed by atoms with Crippen LogP contribution in [0.4, 0.5) is 0 Å². The van der Waals surface area contributed by atoms with Gasteiger partial charge in [0.15, 0.2) is 0 Å². The van der Waals surface area contributed by atoms with Crippen molar-refractivity contribution in [2.45, 2.75) is 62.9 Å². The van der Waals surface area contributed by atoms with Gasteiger partial charge in [-0.3, -0.25) is 0 Å². The molecule has 1 spiro atoms. The highest BCUT2D eigenvalue weighted by molar-refractivity contribution is 5.89. The van der Waals surface area contributed by atoms with E-state index in [0.717, 1.165) is 0 Å². The summed E-state index contributed by atoms with van der Waals surface area (Å²) >= 11 is 0. The molecule has 0 unspecified atom stereocenters. The minimum atomic E-state index is -1.50. The van der Waals surface area contributed by atoms with E-state index >= 15 is 0 Å². The Morgan fingerprint density at radius 1 is 1.26 bits per heavy atom. The fraction of sp³-hybridized carbons (Fsp3) is 0.591. The molecule has 0 amide bonds. The predicted octanol–water partition coefficient (Wildman–Crippen LogP) is 2.86. The van der Waals surface area contributed by atoms with Crippen molar-refractivity contribution in [3.8, 4) is 0 Å². The number of allylic oxidation sites excluding steroid dienone is 1. The number of rotatable bonds is 3. The molecule has 0 radical (unpaired) electrons. The van der Waals surface area contributed by atoms with Gasteiger partial charge in [0, 0.05) is 5.41 Å². The summed E-state index contributed by atoms with van der Waals surface area (Å²) in [6.45, 7) is 5.62. The van der Waals surface area contributed by atoms with Crippen LogP contribution in [0.5, 0.6) is 0 Å². The quantitative estimate of drug-likeness (QED) is 0.630. The van der Waals surface area contributed by atoms with Crippen LogP contribution in [0.3, 0.4) is 0 Å². The third-order valence-electron chi connectivity index (χ3n) is 7.22. The summed E-state index contributed by atoms with van der Waals surface area (Å²) in [5.74, 6) is -0.234. The fourth-order valence-electron chi connectivity index (χ4n) is 5.48. The fourth-order valence-corrected chi connectivity index (χ4v) is 5.48. The number of carbonyl (C=O) groups excluding carboxylic acids is 1. The maximum Gasteiger partial charge on any atom is 0.338 e. The lowest BCUT2D eigenvalue weighted by molar-refractivity contribution is -0.260. The number of ether oxygens (including phenoxy) is 2. The van der Waals surface area contributed by atoms with E-state index in [9.17, 15) is 15.0 Å². The molecule has 1 saturated heterocycles. The van der Waals surface area contributed by atoms with E-state index in [1.807, 2.05) is 45.0 Å². The number of aliphatic hydroxyl groups excluding tert-OH is 1. The second-order valence-corrected chi connectivity index (χ2v) is 9.04. The molecule has 27 heavy (non-hydrogen) atoms. The number of benzene rings is 1. The largest absolute Gasteiger partial charge is 0.458 e. The van der Waals surface area contributed by atoms with Gasteiger partial charge in [0.05, 0.1) is 17.8 Å². The summed E-state index contributed by atoms with van der Waals surface area (Å²) in [5, 5.41) is 21.4. The van der Waals surface area contributed by atoms with E-state index in [2.05, 4.69) is 0 Å². The van der Waals surface area contributed by atoms with Crippen molar-refractivity contribution in [2.24, 2.45) is 11.3 Å². The van der Waals surface area contributed by atoms with Gasteiger partial charge < -0.3 is 19.7 Å². The average molecular weight is 372 g/mol. The molecule has 1 aromatic carbocycles. The molecule has 1 heterocycles. The Hall–Kier alpha value is -1.69. The van der Waals surface area contributed by atoms with Crippen LogP contribution < -0.4 is 0 Å². The number of hydrogen-bond donors (Lipinski definition) is 2. The van der Waals surface area contributed by atoms with Crippen LogP contribution in [-0.2, 0) is 9.47 Å². The van der Waals surface area contributed by atoms with Gasteiger partial charge >= 0.3 is 5.97 Å². The summed E-state index contributed by atoms with van der Waals surface area (Å²) in [6, 6.07) is 8.96. The van der Waals surface area contributed by atoms with E-state index in [-0.39, 0.29) is 11.9 Å². The number of aliphatic hydroxyl groups is 2. The lowest BCUT2D eigenvalue weighted by Gasteiger charge is -2.59. The van der Waals surface area contributed by atoms with Crippen molar-refractivity contribution in [3.05, 3.63) is 48.0 Å². The molecular weight excluding hydrogens is 344 g/mol. The molecule has 2 N–H and O–H groups in total. The zero-order valence-electron chi connectivity index (χ0n) is 16.1. The zero-order chi connectivity index (χ0) is 19.5. The monoisotopic (exact) mass is 372 g/mol. The van der Waals surface area contributed by atoms with Crippen molar-refractivity contribution in [1.29, 1.82) is 0 Å². The molecule has 2 fully saturated rings. The minimum Gasteiger partial charge on any atom is -0.458 e. The molecule has 2 bridgehead atoms. The molecule has 5 nitrogen and oxygen atoms in total. The van der Waals surface area contributed by atoms with Crippen LogP contribution in [0, 0.1) is 11.3 Å². The maximum atomic E-state index is 12.8. The first-order chi connectivity index (χ1) is 12.7. The Kier molecular flexibility index (Phi) is 4.08. The van der Waals surface area contributed by atoms with Crippen molar-refractivity contribution < 1.29 is 24.5 Å². The lowest BCUT2D eigenvalue weighted by Crippen LogP contribution is -2.70. The van der Waals surface area contributed by atoms with Gasteiger partial charge in [0.25, 0.3) is 0 Å². The van der Waals surface area contributed by atoms with Crippen molar-refractivity contribution in [1.82, 2.24) is 0 Å². The first-order valence-electron chi connectivity index (χ1n) is 9.65. The van der Waals surface area contributed by atoms with Crippen molar-refractivity contribution in [2.75, 3.05) is 6.61 Å². The van der Waals surface area contributed by atoms with E-state index in [4.69, 9.17) is 9.47 Å². The average Bonchev–Trinajstić information content (AvgIpc) is 2.89. The van der Waals surface area contributed by atoms with Crippen LogP contribution in [0.25, 0.3) is 0 Å². The highest BCUT2D eigenvalue weighted by Gasteiger charge is 2.74. The van der Waals surface area contributed by atoms with Crippen LogP contribution in [0.2, 0.25) is 0 Å². The van der Waals surface area contributed by atoms with Crippen molar-refractivity contribution >= 4 is 5.97 Å². The van der Waals surface area contributed by atoms with Gasteiger partial charge in [-0.15, -0.1) is 0 Å². The van der Waals surface area contributed by atoms with Gasteiger partial charge in [-0.2, -0.15) is 0 Å². The van der Waals surface area contributed by atoms with E-state index in [1.165, 1.54) is 0 Å². The molecule has 0 aromatic heterocycles. The summed E-state index contributed by atoms with van der Waals surface area (Å²) in [4.78, 5) is 12.8. The summed E-state index contributed by atoms with van der Waals surface area (Å²) < 4.78 is 12.5. The Morgan fingerprint density at radius 3 is 2.63 bits per heavy atom. The highest BCUT2D eigenvalue weighted by atomic mass is 16.6. The van der Waals surface area contributed by atoms with Crippen LogP contribution in [0.15, 0.2) is 42.5 Å². The topological polar surface area (TPSA) is 76.0 Å². The molecule has 1 aromatic rings. The highest BCUT2D eigenvalue weighted by Crippen LogP contribution is 2.66. The predicted molar refractivity (Wildman–Crippen MR) is 100 cm³/mol. The first-order valence-corrected chi connectivity index (χ1v) is 9.65. The zero-order valence-corrected chi connectivity index (χ0v) is 16.1. The number of carbonyl (C=O) groups is 1.